The summed E-state index contributed by atoms with van der Waals surface area (Å²) in [5, 5.41) is 9.49. The second kappa shape index (κ2) is 17.6. The first kappa shape index (κ1) is 34.1. The Kier molecular flexibility index (Phi) is 13.7. The Labute approximate surface area is 261 Å². The SMILES string of the molecule is C#C/C(C)=C\Oc1ccc(NNC(=O)C(CCCCCCCCCC)Oc2ccc(S(=O)(=O)c3ccc(O)cc3)cc2)cc1. The molecule has 8 nitrogen and oxygen atoms in total. The van der Waals surface area contributed by atoms with Crippen LogP contribution in [0.3, 0.4) is 0 Å². The maximum atomic E-state index is 13.2. The van der Waals surface area contributed by atoms with E-state index < -0.39 is 15.9 Å². The Morgan fingerprint density at radius 1 is 0.864 bits per heavy atom. The van der Waals surface area contributed by atoms with Gasteiger partial charge in [0, 0.05) is 5.57 Å². The smallest absolute Gasteiger partial charge is 0.279 e. The molecule has 1 amide bonds. The van der Waals surface area contributed by atoms with Crippen molar-refractivity contribution >= 4 is 21.4 Å². The van der Waals surface area contributed by atoms with E-state index in [1.54, 1.807) is 43.3 Å². The van der Waals surface area contributed by atoms with Crippen LogP contribution in [0.2, 0.25) is 0 Å². The van der Waals surface area contributed by atoms with E-state index in [0.29, 0.717) is 29.2 Å². The molecule has 0 saturated heterocycles. The number of terminal acetylenes is 1. The van der Waals surface area contributed by atoms with Gasteiger partial charge >= 0.3 is 0 Å². The van der Waals surface area contributed by atoms with Gasteiger partial charge in [-0.05, 0) is 92.6 Å². The summed E-state index contributed by atoms with van der Waals surface area (Å²) in [6.45, 7) is 3.97. The Bertz CT molecular complexity index is 1490. The Hall–Kier alpha value is -4.42. The molecule has 3 rings (SSSR count). The first-order valence-electron chi connectivity index (χ1n) is 15.0. The van der Waals surface area contributed by atoms with Crippen LogP contribution in [0.4, 0.5) is 5.69 Å². The molecule has 3 N–H and O–H groups in total. The summed E-state index contributed by atoms with van der Waals surface area (Å²) in [5.74, 6) is 3.11. The number of hydrogen-bond acceptors (Lipinski definition) is 7. The third-order valence-electron chi connectivity index (χ3n) is 6.96. The average Bonchev–Trinajstić information content (AvgIpc) is 3.04. The van der Waals surface area contributed by atoms with Gasteiger partial charge in [0.1, 0.15) is 23.5 Å². The molecule has 0 fully saturated rings. The molecule has 0 aliphatic heterocycles. The van der Waals surface area contributed by atoms with Crippen LogP contribution >= 0.6 is 0 Å². The van der Waals surface area contributed by atoms with Crippen LogP contribution in [0.25, 0.3) is 0 Å². The summed E-state index contributed by atoms with van der Waals surface area (Å²) in [5.41, 5.74) is 6.95. The number of hydrazine groups is 1. The number of phenolic OH excluding ortho intramolecular Hbond substituents is 1. The number of carbonyl (C=O) groups is 1. The molecular formula is C35H42N2O6S. The van der Waals surface area contributed by atoms with Crippen LogP contribution in [0.5, 0.6) is 17.2 Å². The average molecular weight is 619 g/mol. The fourth-order valence-corrected chi connectivity index (χ4v) is 5.61. The van der Waals surface area contributed by atoms with Crippen molar-refractivity contribution in [2.45, 2.75) is 87.5 Å². The molecule has 234 valence electrons. The van der Waals surface area contributed by atoms with Gasteiger partial charge in [-0.1, -0.05) is 57.8 Å². The number of allylic oxidation sites excluding steroid dienone is 1. The molecule has 44 heavy (non-hydrogen) atoms. The lowest BCUT2D eigenvalue weighted by Crippen LogP contribution is -2.41. The van der Waals surface area contributed by atoms with Gasteiger partial charge in [0.25, 0.3) is 5.91 Å². The summed E-state index contributed by atoms with van der Waals surface area (Å²) >= 11 is 0. The number of unbranched alkanes of at least 4 members (excludes halogenated alkanes) is 7. The van der Waals surface area contributed by atoms with E-state index in [0.717, 1.165) is 19.3 Å². The zero-order valence-electron chi connectivity index (χ0n) is 25.4. The highest BCUT2D eigenvalue weighted by molar-refractivity contribution is 7.91. The number of amides is 1. The minimum Gasteiger partial charge on any atom is -0.508 e. The van der Waals surface area contributed by atoms with Crippen molar-refractivity contribution in [2.75, 3.05) is 5.43 Å². The lowest BCUT2D eigenvalue weighted by Gasteiger charge is -2.20. The second-order valence-corrected chi connectivity index (χ2v) is 12.5. The monoisotopic (exact) mass is 618 g/mol. The van der Waals surface area contributed by atoms with Gasteiger partial charge in [0.15, 0.2) is 6.10 Å². The van der Waals surface area contributed by atoms with Gasteiger partial charge < -0.3 is 14.6 Å². The number of sulfone groups is 1. The fourth-order valence-electron chi connectivity index (χ4n) is 4.35. The van der Waals surface area contributed by atoms with Gasteiger partial charge in [-0.3, -0.25) is 15.6 Å². The normalized spacial score (nSPS) is 12.2. The zero-order chi connectivity index (χ0) is 31.8. The minimum atomic E-state index is -3.78. The summed E-state index contributed by atoms with van der Waals surface area (Å²) in [6.07, 6.45) is 15.6. The molecule has 0 aliphatic carbocycles. The molecule has 0 spiro atoms. The molecule has 0 saturated carbocycles. The van der Waals surface area contributed by atoms with Gasteiger partial charge in [0.05, 0.1) is 15.5 Å². The third kappa shape index (κ3) is 11.0. The van der Waals surface area contributed by atoms with Crippen molar-refractivity contribution < 1.29 is 27.8 Å². The van der Waals surface area contributed by atoms with E-state index in [2.05, 4.69) is 23.7 Å². The Morgan fingerprint density at radius 2 is 1.41 bits per heavy atom. The lowest BCUT2D eigenvalue weighted by atomic mass is 10.1. The van der Waals surface area contributed by atoms with Crippen LogP contribution < -0.4 is 20.3 Å². The van der Waals surface area contributed by atoms with E-state index >= 15 is 0 Å². The fraction of sp³-hybridized carbons (Fsp3) is 0.343. The van der Waals surface area contributed by atoms with Crippen molar-refractivity contribution in [1.82, 2.24) is 5.43 Å². The van der Waals surface area contributed by atoms with Crippen LogP contribution in [0.1, 0.15) is 71.6 Å². The van der Waals surface area contributed by atoms with E-state index in [1.807, 2.05) is 0 Å². The van der Waals surface area contributed by atoms with Gasteiger partial charge in [-0.25, -0.2) is 8.42 Å². The van der Waals surface area contributed by atoms with E-state index in [1.165, 1.54) is 74.8 Å². The summed E-state index contributed by atoms with van der Waals surface area (Å²) in [6, 6.07) is 18.4. The third-order valence-corrected chi connectivity index (χ3v) is 8.74. The van der Waals surface area contributed by atoms with E-state index in [-0.39, 0.29) is 21.4 Å². The minimum absolute atomic E-state index is 0.0161. The van der Waals surface area contributed by atoms with Gasteiger partial charge in [-0.2, -0.15) is 0 Å². The lowest BCUT2D eigenvalue weighted by molar-refractivity contribution is -0.127. The number of hydrogen-bond donors (Lipinski definition) is 3. The summed E-state index contributed by atoms with van der Waals surface area (Å²) in [7, 11) is -3.78. The molecule has 9 heteroatoms. The molecule has 3 aromatic carbocycles. The molecule has 0 aliphatic rings. The highest BCUT2D eigenvalue weighted by Gasteiger charge is 2.22. The Morgan fingerprint density at radius 3 is 2.00 bits per heavy atom. The number of anilines is 1. The number of phenols is 1. The van der Waals surface area contributed by atoms with Crippen molar-refractivity contribution in [2.24, 2.45) is 0 Å². The van der Waals surface area contributed by atoms with Crippen LogP contribution in [0.15, 0.2) is 94.4 Å². The molecule has 3 aromatic rings. The summed E-state index contributed by atoms with van der Waals surface area (Å²) in [4.78, 5) is 13.4. The predicted molar refractivity (Wildman–Crippen MR) is 173 cm³/mol. The molecular weight excluding hydrogens is 576 g/mol. The van der Waals surface area contributed by atoms with Gasteiger partial charge in [0.2, 0.25) is 9.84 Å². The van der Waals surface area contributed by atoms with Crippen molar-refractivity contribution in [3.63, 3.8) is 0 Å². The Balaban J connectivity index is 1.63. The predicted octanol–water partition coefficient (Wildman–Crippen LogP) is 7.56. The number of benzene rings is 3. The van der Waals surface area contributed by atoms with Crippen molar-refractivity contribution in [3.05, 3.63) is 84.6 Å². The van der Waals surface area contributed by atoms with E-state index in [4.69, 9.17) is 15.9 Å². The molecule has 0 heterocycles. The zero-order valence-corrected chi connectivity index (χ0v) is 26.2. The topological polar surface area (TPSA) is 114 Å². The largest absolute Gasteiger partial charge is 0.508 e. The maximum Gasteiger partial charge on any atom is 0.279 e. The maximum absolute atomic E-state index is 13.2. The van der Waals surface area contributed by atoms with Crippen LogP contribution in [0, 0.1) is 12.3 Å². The molecule has 1 unspecified atom stereocenters. The highest BCUT2D eigenvalue weighted by Crippen LogP contribution is 2.25. The number of carbonyl (C=O) groups excluding carboxylic acids is 1. The van der Waals surface area contributed by atoms with Crippen molar-refractivity contribution in [1.29, 1.82) is 0 Å². The number of aromatic hydroxyl groups is 1. The first-order valence-corrected chi connectivity index (χ1v) is 16.5. The molecule has 0 aromatic heterocycles. The van der Waals surface area contributed by atoms with Crippen molar-refractivity contribution in [3.8, 4) is 29.6 Å². The standard InChI is InChI=1S/C35H42N2O6S/c1-4-6-7-8-9-10-11-12-13-34(35(39)37-36-28-14-18-30(19-15-28)42-26-27(3)5-2)43-31-20-24-33(25-21-31)44(40,41)32-22-16-29(38)17-23-32/h2,14-26,34,36,38H,4,6-13H2,1,3H3,(H,37,39)/b27-26-. The van der Waals surface area contributed by atoms with Crippen LogP contribution in [-0.4, -0.2) is 25.5 Å². The number of rotatable bonds is 18. The summed E-state index contributed by atoms with van der Waals surface area (Å²) < 4.78 is 37.5. The second-order valence-electron chi connectivity index (χ2n) is 10.5. The number of ether oxygens (including phenoxy) is 2. The highest BCUT2D eigenvalue weighted by atomic mass is 32.2. The van der Waals surface area contributed by atoms with Crippen LogP contribution in [-0.2, 0) is 14.6 Å². The molecule has 0 radical (unpaired) electrons. The van der Waals surface area contributed by atoms with E-state index in [9.17, 15) is 18.3 Å². The quantitative estimate of drug-likeness (QED) is 0.0583. The first-order chi connectivity index (χ1) is 21.2. The molecule has 0 bridgehead atoms. The molecule has 1 atom stereocenters. The number of nitrogens with one attached hydrogen (secondary N) is 2. The van der Waals surface area contributed by atoms with Gasteiger partial charge in [-0.15, -0.1) is 6.42 Å².